The summed E-state index contributed by atoms with van der Waals surface area (Å²) < 4.78 is 16.2. The van der Waals surface area contributed by atoms with Gasteiger partial charge in [-0.1, -0.05) is 28.9 Å². The Hall–Kier alpha value is -3.06. The van der Waals surface area contributed by atoms with Gasteiger partial charge in [0, 0.05) is 17.5 Å². The van der Waals surface area contributed by atoms with Crippen LogP contribution >= 0.6 is 11.6 Å². The van der Waals surface area contributed by atoms with Crippen LogP contribution in [0.1, 0.15) is 41.5 Å². The SMILES string of the molecule is COc1cc(C(=O)NC(C)(C)c2noc(C)n2)ccc1OCc1ccc(Cl)cc1. The molecule has 0 radical (unpaired) electrons. The molecule has 0 saturated carbocycles. The highest BCUT2D eigenvalue weighted by Gasteiger charge is 2.29. The summed E-state index contributed by atoms with van der Waals surface area (Å²) in [5, 5.41) is 7.46. The van der Waals surface area contributed by atoms with Gasteiger partial charge in [0.25, 0.3) is 5.91 Å². The van der Waals surface area contributed by atoms with E-state index in [1.807, 2.05) is 12.1 Å². The molecule has 0 atom stereocenters. The Morgan fingerprint density at radius 3 is 2.52 bits per heavy atom. The third-order valence-corrected chi connectivity index (χ3v) is 4.50. The fourth-order valence-electron chi connectivity index (χ4n) is 2.63. The second-order valence-corrected chi connectivity index (χ2v) is 7.43. The smallest absolute Gasteiger partial charge is 0.252 e. The minimum Gasteiger partial charge on any atom is -0.493 e. The predicted molar refractivity (Wildman–Crippen MR) is 108 cm³/mol. The highest BCUT2D eigenvalue weighted by atomic mass is 35.5. The van der Waals surface area contributed by atoms with Gasteiger partial charge in [-0.3, -0.25) is 4.79 Å². The molecule has 152 valence electrons. The molecule has 0 aliphatic heterocycles. The van der Waals surface area contributed by atoms with Crippen molar-refractivity contribution in [3.05, 3.63) is 70.3 Å². The van der Waals surface area contributed by atoms with Crippen LogP contribution in [0.3, 0.4) is 0 Å². The van der Waals surface area contributed by atoms with Crippen LogP contribution in [0.15, 0.2) is 47.0 Å². The minimum atomic E-state index is -0.800. The van der Waals surface area contributed by atoms with E-state index in [-0.39, 0.29) is 5.91 Å². The first-order valence-electron chi connectivity index (χ1n) is 8.97. The van der Waals surface area contributed by atoms with Gasteiger partial charge in [-0.25, -0.2) is 0 Å². The topological polar surface area (TPSA) is 86.5 Å². The molecular formula is C21H22ClN3O4. The molecule has 0 aliphatic carbocycles. The van der Waals surface area contributed by atoms with Gasteiger partial charge >= 0.3 is 0 Å². The zero-order valence-electron chi connectivity index (χ0n) is 16.7. The lowest BCUT2D eigenvalue weighted by Gasteiger charge is -2.22. The fourth-order valence-corrected chi connectivity index (χ4v) is 2.76. The number of halogens is 1. The van der Waals surface area contributed by atoms with Crippen molar-refractivity contribution in [3.63, 3.8) is 0 Å². The summed E-state index contributed by atoms with van der Waals surface area (Å²) >= 11 is 5.90. The van der Waals surface area contributed by atoms with Crippen LogP contribution in [0.4, 0.5) is 0 Å². The number of nitrogens with one attached hydrogen (secondary N) is 1. The molecule has 0 saturated heterocycles. The predicted octanol–water partition coefficient (Wildman–Crippen LogP) is 4.28. The first kappa shape index (κ1) is 20.7. The standard InChI is InChI=1S/C21H22ClN3O4/c1-13-23-20(25-29-13)21(2,3)24-19(26)15-7-10-17(18(11-15)27-4)28-12-14-5-8-16(22)9-6-14/h5-11H,12H2,1-4H3,(H,24,26). The number of benzene rings is 2. The molecular weight excluding hydrogens is 394 g/mol. The molecule has 0 spiro atoms. The maximum atomic E-state index is 12.7. The van der Waals surface area contributed by atoms with Gasteiger partial charge in [-0.2, -0.15) is 4.98 Å². The summed E-state index contributed by atoms with van der Waals surface area (Å²) in [5.41, 5.74) is 0.593. The van der Waals surface area contributed by atoms with Crippen LogP contribution < -0.4 is 14.8 Å². The van der Waals surface area contributed by atoms with Crippen molar-refractivity contribution in [2.24, 2.45) is 0 Å². The van der Waals surface area contributed by atoms with Crippen LogP contribution in [-0.4, -0.2) is 23.2 Å². The van der Waals surface area contributed by atoms with Crippen LogP contribution in [0.5, 0.6) is 11.5 Å². The molecule has 29 heavy (non-hydrogen) atoms. The van der Waals surface area contributed by atoms with Gasteiger partial charge in [0.1, 0.15) is 6.61 Å². The summed E-state index contributed by atoms with van der Waals surface area (Å²) in [6, 6.07) is 12.4. The highest BCUT2D eigenvalue weighted by molar-refractivity contribution is 6.30. The number of carbonyl (C=O) groups is 1. The third kappa shape index (κ3) is 5.06. The van der Waals surface area contributed by atoms with Crippen molar-refractivity contribution >= 4 is 17.5 Å². The molecule has 3 aromatic rings. The largest absolute Gasteiger partial charge is 0.493 e. The molecule has 0 fully saturated rings. The Morgan fingerprint density at radius 2 is 1.90 bits per heavy atom. The summed E-state index contributed by atoms with van der Waals surface area (Å²) in [6.45, 7) is 5.65. The number of aryl methyl sites for hydroxylation is 1. The van der Waals surface area contributed by atoms with E-state index in [4.69, 9.17) is 25.6 Å². The molecule has 8 heteroatoms. The Bertz CT molecular complexity index is 999. The zero-order chi connectivity index (χ0) is 21.0. The number of aromatic nitrogens is 2. The maximum absolute atomic E-state index is 12.7. The van der Waals surface area contributed by atoms with Gasteiger partial charge in [-0.15, -0.1) is 0 Å². The van der Waals surface area contributed by atoms with Crippen molar-refractivity contribution in [3.8, 4) is 11.5 Å². The quantitative estimate of drug-likeness (QED) is 0.619. The average Bonchev–Trinajstić information content (AvgIpc) is 3.14. The lowest BCUT2D eigenvalue weighted by molar-refractivity contribution is 0.0907. The number of methoxy groups -OCH3 is 1. The minimum absolute atomic E-state index is 0.292. The second-order valence-electron chi connectivity index (χ2n) is 7.00. The van der Waals surface area contributed by atoms with Crippen molar-refractivity contribution in [1.29, 1.82) is 0 Å². The van der Waals surface area contributed by atoms with Gasteiger partial charge in [0.15, 0.2) is 17.3 Å². The summed E-state index contributed by atoms with van der Waals surface area (Å²) in [4.78, 5) is 16.9. The Balaban J connectivity index is 1.71. The van der Waals surface area contributed by atoms with E-state index in [9.17, 15) is 4.79 Å². The summed E-state index contributed by atoms with van der Waals surface area (Å²) in [5.74, 6) is 1.54. The van der Waals surface area contributed by atoms with E-state index in [1.165, 1.54) is 7.11 Å². The van der Waals surface area contributed by atoms with Crippen molar-refractivity contribution < 1.29 is 18.8 Å². The number of rotatable bonds is 7. The first-order chi connectivity index (χ1) is 13.8. The molecule has 3 rings (SSSR count). The van der Waals surface area contributed by atoms with Crippen molar-refractivity contribution in [2.45, 2.75) is 32.9 Å². The van der Waals surface area contributed by atoms with E-state index in [2.05, 4.69) is 15.5 Å². The Morgan fingerprint density at radius 1 is 1.17 bits per heavy atom. The number of hydrogen-bond donors (Lipinski definition) is 1. The van der Waals surface area contributed by atoms with Crippen LogP contribution in [-0.2, 0) is 12.1 Å². The molecule has 0 unspecified atom stereocenters. The number of hydrogen-bond acceptors (Lipinski definition) is 6. The fraction of sp³-hybridized carbons (Fsp3) is 0.286. The molecule has 0 bridgehead atoms. The maximum Gasteiger partial charge on any atom is 0.252 e. The lowest BCUT2D eigenvalue weighted by atomic mass is 10.0. The third-order valence-electron chi connectivity index (χ3n) is 4.25. The van der Waals surface area contributed by atoms with Crippen LogP contribution in [0, 0.1) is 6.92 Å². The van der Waals surface area contributed by atoms with Gasteiger partial charge in [0.2, 0.25) is 5.89 Å². The average molecular weight is 416 g/mol. The first-order valence-corrected chi connectivity index (χ1v) is 9.35. The Kier molecular flexibility index (Phi) is 6.08. The summed E-state index contributed by atoms with van der Waals surface area (Å²) in [7, 11) is 1.53. The van der Waals surface area contributed by atoms with E-state index < -0.39 is 5.54 Å². The molecule has 1 amide bonds. The van der Waals surface area contributed by atoms with Crippen LogP contribution in [0.25, 0.3) is 0 Å². The number of nitrogens with zero attached hydrogens (tertiary/aromatic N) is 2. The molecule has 0 aliphatic rings. The molecule has 7 nitrogen and oxygen atoms in total. The molecule has 1 N–H and O–H groups in total. The number of carbonyl (C=O) groups excluding carboxylic acids is 1. The zero-order valence-corrected chi connectivity index (χ0v) is 17.4. The lowest BCUT2D eigenvalue weighted by Crippen LogP contribution is -2.41. The van der Waals surface area contributed by atoms with Gasteiger partial charge < -0.3 is 19.3 Å². The number of amides is 1. The highest BCUT2D eigenvalue weighted by Crippen LogP contribution is 2.29. The van der Waals surface area contributed by atoms with Gasteiger partial charge in [-0.05, 0) is 49.7 Å². The van der Waals surface area contributed by atoms with E-state index in [0.29, 0.717) is 40.4 Å². The molecule has 2 aromatic carbocycles. The van der Waals surface area contributed by atoms with E-state index in [0.717, 1.165) is 5.56 Å². The molecule has 1 aromatic heterocycles. The van der Waals surface area contributed by atoms with E-state index in [1.54, 1.807) is 51.1 Å². The number of ether oxygens (including phenoxy) is 2. The Labute approximate surface area is 174 Å². The molecule has 1 heterocycles. The normalized spacial score (nSPS) is 11.2. The summed E-state index contributed by atoms with van der Waals surface area (Å²) in [6.07, 6.45) is 0. The monoisotopic (exact) mass is 415 g/mol. The van der Waals surface area contributed by atoms with Crippen molar-refractivity contribution in [2.75, 3.05) is 7.11 Å². The van der Waals surface area contributed by atoms with E-state index >= 15 is 0 Å². The van der Waals surface area contributed by atoms with Crippen LogP contribution in [0.2, 0.25) is 5.02 Å². The van der Waals surface area contributed by atoms with Gasteiger partial charge in [0.05, 0.1) is 12.6 Å². The second kappa shape index (κ2) is 8.53. The van der Waals surface area contributed by atoms with Crippen molar-refractivity contribution in [1.82, 2.24) is 15.5 Å².